The molecule has 0 bridgehead atoms. The molecular formula is C20H13N5O2S2. The Morgan fingerprint density at radius 2 is 1.66 bits per heavy atom. The van der Waals surface area contributed by atoms with E-state index >= 15 is 0 Å². The van der Waals surface area contributed by atoms with E-state index < -0.39 is 5.91 Å². The highest BCUT2D eigenvalue weighted by molar-refractivity contribution is 7.99. The molecule has 29 heavy (non-hydrogen) atoms. The van der Waals surface area contributed by atoms with Gasteiger partial charge >= 0.3 is 0 Å². The molecule has 0 saturated heterocycles. The van der Waals surface area contributed by atoms with Crippen LogP contribution in [0.3, 0.4) is 0 Å². The summed E-state index contributed by atoms with van der Waals surface area (Å²) in [6.07, 6.45) is 0. The summed E-state index contributed by atoms with van der Waals surface area (Å²) < 4.78 is 1.98. The third-order valence-electron chi connectivity index (χ3n) is 4.33. The maximum atomic E-state index is 13.4. The van der Waals surface area contributed by atoms with Gasteiger partial charge in [0.15, 0.2) is 5.16 Å². The Morgan fingerprint density at radius 3 is 2.38 bits per heavy atom. The highest BCUT2D eigenvalue weighted by atomic mass is 32.2. The number of para-hydroxylation sites is 3. The molecule has 0 aliphatic carbocycles. The number of thiophene rings is 1. The number of carbonyl (C=O) groups is 1. The molecule has 2 aromatic carbocycles. The predicted molar refractivity (Wildman–Crippen MR) is 116 cm³/mol. The standard InChI is InChI=1S/C20H13N5O2S2/c21-14(26)10-28-20-24-15-16-18(23-13-9-5-4-8-12(13)22-16)29-17(15)19(27)25(20)11-6-2-1-3-7-11/h1-9H,10H2,(H2,21,26). The van der Waals surface area contributed by atoms with Gasteiger partial charge in [0.25, 0.3) is 5.56 Å². The SMILES string of the molecule is NC(=O)CSc1nc2c(sc3nc4ccccc4nc32)c(=O)n1-c1ccccc1. The molecule has 0 radical (unpaired) electrons. The second kappa shape index (κ2) is 6.94. The van der Waals surface area contributed by atoms with Crippen LogP contribution in [0.15, 0.2) is 64.5 Å². The van der Waals surface area contributed by atoms with Gasteiger partial charge in [-0.1, -0.05) is 42.1 Å². The number of hydrogen-bond acceptors (Lipinski definition) is 7. The number of rotatable bonds is 4. The Hall–Kier alpha value is -3.30. The van der Waals surface area contributed by atoms with Gasteiger partial charge in [-0.05, 0) is 24.3 Å². The van der Waals surface area contributed by atoms with E-state index in [9.17, 15) is 9.59 Å². The average molecular weight is 419 g/mol. The zero-order chi connectivity index (χ0) is 20.0. The van der Waals surface area contributed by atoms with Crippen molar-refractivity contribution in [3.8, 4) is 5.69 Å². The van der Waals surface area contributed by atoms with Gasteiger partial charge in [0.1, 0.15) is 20.6 Å². The second-order valence-electron chi connectivity index (χ2n) is 6.27. The van der Waals surface area contributed by atoms with E-state index in [1.165, 1.54) is 15.9 Å². The van der Waals surface area contributed by atoms with Crippen LogP contribution in [-0.4, -0.2) is 31.2 Å². The molecule has 0 spiro atoms. The number of aromatic nitrogens is 4. The molecule has 3 aromatic heterocycles. The van der Waals surface area contributed by atoms with Crippen LogP contribution in [0.4, 0.5) is 0 Å². The minimum absolute atomic E-state index is 0.0153. The number of nitrogens with zero attached hydrogens (tertiary/aromatic N) is 4. The normalized spacial score (nSPS) is 11.4. The maximum absolute atomic E-state index is 13.4. The van der Waals surface area contributed by atoms with Crippen molar-refractivity contribution >= 4 is 60.6 Å². The van der Waals surface area contributed by atoms with E-state index in [2.05, 4.69) is 9.97 Å². The van der Waals surface area contributed by atoms with E-state index in [1.807, 2.05) is 54.6 Å². The third-order valence-corrected chi connectivity index (χ3v) is 6.34. The number of benzene rings is 2. The van der Waals surface area contributed by atoms with Crippen LogP contribution in [0.5, 0.6) is 0 Å². The van der Waals surface area contributed by atoms with Crippen molar-refractivity contribution in [2.45, 2.75) is 5.16 Å². The van der Waals surface area contributed by atoms with Crippen molar-refractivity contribution in [1.82, 2.24) is 19.5 Å². The van der Waals surface area contributed by atoms with Gasteiger partial charge in [0.2, 0.25) is 5.91 Å². The van der Waals surface area contributed by atoms with Crippen molar-refractivity contribution in [2.24, 2.45) is 5.73 Å². The largest absolute Gasteiger partial charge is 0.369 e. The first kappa shape index (κ1) is 17.8. The van der Waals surface area contributed by atoms with Gasteiger partial charge in [-0.25, -0.2) is 15.0 Å². The molecule has 5 aromatic rings. The summed E-state index contributed by atoms with van der Waals surface area (Å²) in [6.45, 7) is 0. The van der Waals surface area contributed by atoms with Crippen molar-refractivity contribution in [3.05, 3.63) is 65.0 Å². The summed E-state index contributed by atoms with van der Waals surface area (Å²) in [4.78, 5) is 39.4. The molecule has 0 atom stereocenters. The molecule has 0 aliphatic rings. The van der Waals surface area contributed by atoms with Crippen molar-refractivity contribution < 1.29 is 4.79 Å². The lowest BCUT2D eigenvalue weighted by molar-refractivity contribution is -0.115. The van der Waals surface area contributed by atoms with E-state index in [0.29, 0.717) is 31.4 Å². The first-order chi connectivity index (χ1) is 14.1. The summed E-state index contributed by atoms with van der Waals surface area (Å²) in [6, 6.07) is 16.7. The highest BCUT2D eigenvalue weighted by Gasteiger charge is 2.19. The van der Waals surface area contributed by atoms with Crippen LogP contribution in [0, 0.1) is 0 Å². The first-order valence-corrected chi connectivity index (χ1v) is 10.5. The molecule has 0 saturated carbocycles. The number of hydrogen-bond donors (Lipinski definition) is 1. The number of amides is 1. The monoisotopic (exact) mass is 419 g/mol. The van der Waals surface area contributed by atoms with Crippen LogP contribution in [0.2, 0.25) is 0 Å². The minimum Gasteiger partial charge on any atom is -0.369 e. The molecule has 2 N–H and O–H groups in total. The molecular weight excluding hydrogens is 406 g/mol. The van der Waals surface area contributed by atoms with Crippen LogP contribution < -0.4 is 11.3 Å². The molecule has 1 amide bonds. The van der Waals surface area contributed by atoms with Gasteiger partial charge in [0.05, 0.1) is 22.5 Å². The highest BCUT2D eigenvalue weighted by Crippen LogP contribution is 2.31. The van der Waals surface area contributed by atoms with Gasteiger partial charge < -0.3 is 5.73 Å². The molecule has 9 heteroatoms. The number of primary amides is 1. The topological polar surface area (TPSA) is 104 Å². The quantitative estimate of drug-likeness (QED) is 0.355. The molecule has 0 unspecified atom stereocenters. The summed E-state index contributed by atoms with van der Waals surface area (Å²) in [5.74, 6) is -0.466. The fourth-order valence-electron chi connectivity index (χ4n) is 3.08. The van der Waals surface area contributed by atoms with Crippen molar-refractivity contribution in [3.63, 3.8) is 0 Å². The van der Waals surface area contributed by atoms with E-state index in [-0.39, 0.29) is 11.3 Å². The molecule has 5 rings (SSSR count). The fraction of sp³-hybridized carbons (Fsp3) is 0.0500. The zero-order valence-electron chi connectivity index (χ0n) is 14.9. The van der Waals surface area contributed by atoms with Gasteiger partial charge in [-0.2, -0.15) is 0 Å². The Morgan fingerprint density at radius 1 is 0.966 bits per heavy atom. The average Bonchev–Trinajstić information content (AvgIpc) is 3.09. The lowest BCUT2D eigenvalue weighted by Gasteiger charge is -2.11. The Bertz CT molecular complexity index is 1460. The molecule has 142 valence electrons. The smallest absolute Gasteiger partial charge is 0.276 e. The number of carbonyl (C=O) groups excluding carboxylic acids is 1. The first-order valence-electron chi connectivity index (χ1n) is 8.70. The van der Waals surface area contributed by atoms with Gasteiger partial charge in [-0.15, -0.1) is 11.3 Å². The Kier molecular flexibility index (Phi) is 4.26. The summed E-state index contributed by atoms with van der Waals surface area (Å²) in [5, 5.41) is 0.391. The molecule has 7 nitrogen and oxygen atoms in total. The molecule has 0 aliphatic heterocycles. The van der Waals surface area contributed by atoms with Gasteiger partial charge in [-0.3, -0.25) is 14.2 Å². The Balaban J connectivity index is 1.85. The maximum Gasteiger partial charge on any atom is 0.276 e. The fourth-order valence-corrected chi connectivity index (χ4v) is 4.82. The van der Waals surface area contributed by atoms with Crippen LogP contribution in [0.1, 0.15) is 0 Å². The van der Waals surface area contributed by atoms with Crippen molar-refractivity contribution in [2.75, 3.05) is 5.75 Å². The number of thioether (sulfide) groups is 1. The van der Waals surface area contributed by atoms with Crippen LogP contribution >= 0.6 is 23.1 Å². The van der Waals surface area contributed by atoms with Crippen LogP contribution in [-0.2, 0) is 4.79 Å². The van der Waals surface area contributed by atoms with E-state index in [0.717, 1.165) is 22.8 Å². The third kappa shape index (κ3) is 3.04. The van der Waals surface area contributed by atoms with E-state index in [1.54, 1.807) is 0 Å². The Labute approximate surface area is 172 Å². The second-order valence-corrected chi connectivity index (χ2v) is 8.21. The van der Waals surface area contributed by atoms with Crippen molar-refractivity contribution in [1.29, 1.82) is 0 Å². The van der Waals surface area contributed by atoms with Gasteiger partial charge in [0, 0.05) is 0 Å². The minimum atomic E-state index is -0.482. The number of nitrogens with two attached hydrogens (primary N) is 1. The summed E-state index contributed by atoms with van der Waals surface area (Å²) >= 11 is 2.40. The molecule has 0 fully saturated rings. The zero-order valence-corrected chi connectivity index (χ0v) is 16.5. The lowest BCUT2D eigenvalue weighted by Crippen LogP contribution is -2.22. The summed E-state index contributed by atoms with van der Waals surface area (Å²) in [5.41, 5.74) is 8.34. The van der Waals surface area contributed by atoms with Crippen LogP contribution in [0.25, 0.3) is 37.3 Å². The molecule has 3 heterocycles. The lowest BCUT2D eigenvalue weighted by atomic mass is 10.3. The number of fused-ring (bicyclic) bond motifs is 4. The van der Waals surface area contributed by atoms with E-state index in [4.69, 9.17) is 10.7 Å². The predicted octanol–water partition coefficient (Wildman–Crippen LogP) is 3.12. The summed E-state index contributed by atoms with van der Waals surface area (Å²) in [7, 11) is 0.